The topological polar surface area (TPSA) is 58.6 Å². The van der Waals surface area contributed by atoms with E-state index in [0.29, 0.717) is 18.9 Å². The van der Waals surface area contributed by atoms with Crippen LogP contribution in [-0.2, 0) is 0 Å². The monoisotopic (exact) mass is 305 g/mol. The Bertz CT molecular complexity index is 626. The molecule has 2 rings (SSSR count). The summed E-state index contributed by atoms with van der Waals surface area (Å²) in [6, 6.07) is 12.1. The minimum Gasteiger partial charge on any atom is -0.492 e. The molecular formula is C16H16ClNO3. The third kappa shape index (κ3) is 4.39. The van der Waals surface area contributed by atoms with E-state index < -0.39 is 5.97 Å². The first-order chi connectivity index (χ1) is 10.1. The van der Waals surface area contributed by atoms with Crippen LogP contribution in [0.2, 0.25) is 5.02 Å². The van der Waals surface area contributed by atoms with Crippen LogP contribution >= 0.6 is 11.6 Å². The second kappa shape index (κ2) is 6.99. The van der Waals surface area contributed by atoms with Gasteiger partial charge in [-0.05, 0) is 48.9 Å². The molecule has 2 aromatic rings. The van der Waals surface area contributed by atoms with Gasteiger partial charge in [0.05, 0.1) is 5.56 Å². The largest absolute Gasteiger partial charge is 0.492 e. The Morgan fingerprint density at radius 2 is 1.95 bits per heavy atom. The summed E-state index contributed by atoms with van der Waals surface area (Å²) in [5, 5.41) is 12.7. The maximum Gasteiger partial charge on any atom is 0.335 e. The molecule has 2 N–H and O–H groups in total. The predicted molar refractivity (Wildman–Crippen MR) is 83.6 cm³/mol. The van der Waals surface area contributed by atoms with E-state index in [4.69, 9.17) is 21.4 Å². The quantitative estimate of drug-likeness (QED) is 0.796. The molecule has 0 atom stereocenters. The van der Waals surface area contributed by atoms with Crippen molar-refractivity contribution in [3.8, 4) is 5.75 Å². The minimum atomic E-state index is -0.945. The zero-order chi connectivity index (χ0) is 15.2. The van der Waals surface area contributed by atoms with Crippen molar-refractivity contribution in [3.05, 3.63) is 58.6 Å². The first-order valence-corrected chi connectivity index (χ1v) is 6.90. The first-order valence-electron chi connectivity index (χ1n) is 6.52. The number of anilines is 1. The summed E-state index contributed by atoms with van der Waals surface area (Å²) in [6.07, 6.45) is 0. The van der Waals surface area contributed by atoms with E-state index in [9.17, 15) is 4.79 Å². The molecule has 0 amide bonds. The molecule has 110 valence electrons. The number of carbonyl (C=O) groups is 1. The van der Waals surface area contributed by atoms with E-state index in [1.165, 1.54) is 12.1 Å². The van der Waals surface area contributed by atoms with Gasteiger partial charge in [0.2, 0.25) is 0 Å². The van der Waals surface area contributed by atoms with Gasteiger partial charge in [0, 0.05) is 17.3 Å². The van der Waals surface area contributed by atoms with Crippen LogP contribution in [0, 0.1) is 6.92 Å². The van der Waals surface area contributed by atoms with Crippen LogP contribution in [0.25, 0.3) is 0 Å². The fourth-order valence-electron chi connectivity index (χ4n) is 1.76. The number of aromatic carboxylic acids is 1. The number of benzene rings is 2. The van der Waals surface area contributed by atoms with Crippen molar-refractivity contribution >= 4 is 23.3 Å². The number of hydrogen-bond acceptors (Lipinski definition) is 3. The summed E-state index contributed by atoms with van der Waals surface area (Å²) >= 11 is 6.04. The van der Waals surface area contributed by atoms with Crippen LogP contribution in [0.5, 0.6) is 5.75 Å². The number of carboxylic acids is 1. The van der Waals surface area contributed by atoms with E-state index in [-0.39, 0.29) is 5.56 Å². The molecule has 0 unspecified atom stereocenters. The smallest absolute Gasteiger partial charge is 0.335 e. The van der Waals surface area contributed by atoms with E-state index in [1.807, 2.05) is 25.1 Å². The highest BCUT2D eigenvalue weighted by atomic mass is 35.5. The van der Waals surface area contributed by atoms with Gasteiger partial charge in [-0.15, -0.1) is 0 Å². The number of rotatable bonds is 6. The maximum absolute atomic E-state index is 10.7. The van der Waals surface area contributed by atoms with Gasteiger partial charge in [-0.25, -0.2) is 4.79 Å². The Labute approximate surface area is 128 Å². The standard InChI is InChI=1S/C16H16ClNO3/c1-11-2-5-13(10-15(11)17)18-8-9-21-14-6-3-12(4-7-14)16(19)20/h2-7,10,18H,8-9H2,1H3,(H,19,20). The molecule has 0 spiro atoms. The lowest BCUT2D eigenvalue weighted by molar-refractivity contribution is 0.0697. The Morgan fingerprint density at radius 3 is 2.57 bits per heavy atom. The zero-order valence-electron chi connectivity index (χ0n) is 11.6. The van der Waals surface area contributed by atoms with Gasteiger partial charge in [0.15, 0.2) is 0 Å². The van der Waals surface area contributed by atoms with Crippen molar-refractivity contribution in [2.45, 2.75) is 6.92 Å². The molecule has 0 aliphatic carbocycles. The Hall–Kier alpha value is -2.20. The van der Waals surface area contributed by atoms with Gasteiger partial charge in [-0.1, -0.05) is 17.7 Å². The molecule has 21 heavy (non-hydrogen) atoms. The van der Waals surface area contributed by atoms with Crippen LogP contribution in [0.4, 0.5) is 5.69 Å². The van der Waals surface area contributed by atoms with Crippen LogP contribution in [0.3, 0.4) is 0 Å². The van der Waals surface area contributed by atoms with Gasteiger partial charge in [0.1, 0.15) is 12.4 Å². The Kier molecular flexibility index (Phi) is 5.06. The SMILES string of the molecule is Cc1ccc(NCCOc2ccc(C(=O)O)cc2)cc1Cl. The normalized spacial score (nSPS) is 10.2. The molecule has 0 heterocycles. The molecule has 4 nitrogen and oxygen atoms in total. The predicted octanol–water partition coefficient (Wildman–Crippen LogP) is 3.84. The van der Waals surface area contributed by atoms with Gasteiger partial charge < -0.3 is 15.2 Å². The summed E-state index contributed by atoms with van der Waals surface area (Å²) < 4.78 is 5.53. The molecule has 0 aliphatic heterocycles. The highest BCUT2D eigenvalue weighted by Gasteiger charge is 2.02. The molecule has 0 aliphatic rings. The van der Waals surface area contributed by atoms with Crippen LogP contribution in [0.1, 0.15) is 15.9 Å². The van der Waals surface area contributed by atoms with Crippen LogP contribution < -0.4 is 10.1 Å². The van der Waals surface area contributed by atoms with Crippen molar-refractivity contribution in [1.82, 2.24) is 0 Å². The molecule has 0 aromatic heterocycles. The Balaban J connectivity index is 1.79. The molecule has 0 fully saturated rings. The molecule has 0 radical (unpaired) electrons. The van der Waals surface area contributed by atoms with Crippen molar-refractivity contribution < 1.29 is 14.6 Å². The number of aryl methyl sites for hydroxylation is 1. The number of hydrogen-bond donors (Lipinski definition) is 2. The first kappa shape index (κ1) is 15.2. The Morgan fingerprint density at radius 1 is 1.24 bits per heavy atom. The van der Waals surface area contributed by atoms with Crippen LogP contribution in [-0.4, -0.2) is 24.2 Å². The molecule has 0 saturated carbocycles. The van der Waals surface area contributed by atoms with Crippen molar-refractivity contribution in [3.63, 3.8) is 0 Å². The summed E-state index contributed by atoms with van der Waals surface area (Å²) in [5.74, 6) is -0.303. The summed E-state index contributed by atoms with van der Waals surface area (Å²) in [6.45, 7) is 3.05. The third-order valence-corrected chi connectivity index (χ3v) is 3.38. The lowest BCUT2D eigenvalue weighted by Crippen LogP contribution is -2.11. The zero-order valence-corrected chi connectivity index (χ0v) is 12.4. The second-order valence-corrected chi connectivity index (χ2v) is 4.98. The van der Waals surface area contributed by atoms with E-state index in [2.05, 4.69) is 5.32 Å². The van der Waals surface area contributed by atoms with E-state index in [1.54, 1.807) is 12.1 Å². The molecular weight excluding hydrogens is 290 g/mol. The highest BCUT2D eigenvalue weighted by molar-refractivity contribution is 6.31. The van der Waals surface area contributed by atoms with Gasteiger partial charge >= 0.3 is 5.97 Å². The molecule has 5 heteroatoms. The van der Waals surface area contributed by atoms with Gasteiger partial charge in [0.25, 0.3) is 0 Å². The van der Waals surface area contributed by atoms with Gasteiger partial charge in [-0.3, -0.25) is 0 Å². The lowest BCUT2D eigenvalue weighted by Gasteiger charge is -2.09. The molecule has 2 aromatic carbocycles. The highest BCUT2D eigenvalue weighted by Crippen LogP contribution is 2.19. The summed E-state index contributed by atoms with van der Waals surface area (Å²) in [5.41, 5.74) is 2.22. The summed E-state index contributed by atoms with van der Waals surface area (Å²) in [7, 11) is 0. The van der Waals surface area contributed by atoms with Crippen molar-refractivity contribution in [2.75, 3.05) is 18.5 Å². The maximum atomic E-state index is 10.7. The van der Waals surface area contributed by atoms with Crippen molar-refractivity contribution in [2.24, 2.45) is 0 Å². The van der Waals surface area contributed by atoms with Crippen molar-refractivity contribution in [1.29, 1.82) is 0 Å². The number of ether oxygens (including phenoxy) is 1. The lowest BCUT2D eigenvalue weighted by atomic mass is 10.2. The number of nitrogens with one attached hydrogen (secondary N) is 1. The average molecular weight is 306 g/mol. The third-order valence-electron chi connectivity index (χ3n) is 2.97. The fraction of sp³-hybridized carbons (Fsp3) is 0.188. The minimum absolute atomic E-state index is 0.245. The fourth-order valence-corrected chi connectivity index (χ4v) is 1.94. The molecule has 0 saturated heterocycles. The number of halogens is 1. The second-order valence-electron chi connectivity index (χ2n) is 4.57. The van der Waals surface area contributed by atoms with E-state index in [0.717, 1.165) is 16.3 Å². The number of carboxylic acid groups (broad SMARTS) is 1. The van der Waals surface area contributed by atoms with E-state index >= 15 is 0 Å². The average Bonchev–Trinajstić information content (AvgIpc) is 2.47. The molecule has 0 bridgehead atoms. The summed E-state index contributed by atoms with van der Waals surface area (Å²) in [4.78, 5) is 10.7. The van der Waals surface area contributed by atoms with Crippen LogP contribution in [0.15, 0.2) is 42.5 Å². The van der Waals surface area contributed by atoms with Gasteiger partial charge in [-0.2, -0.15) is 0 Å².